The zero-order valence-corrected chi connectivity index (χ0v) is 16.2. The van der Waals surface area contributed by atoms with Crippen molar-refractivity contribution >= 4 is 23.2 Å². The van der Waals surface area contributed by atoms with Gasteiger partial charge in [-0.1, -0.05) is 12.1 Å². The van der Waals surface area contributed by atoms with Gasteiger partial charge in [-0.3, -0.25) is 4.79 Å². The van der Waals surface area contributed by atoms with Crippen LogP contribution in [0.5, 0.6) is 5.75 Å². The smallest absolute Gasteiger partial charge is 0.275 e. The number of rotatable bonds is 5. The summed E-state index contributed by atoms with van der Waals surface area (Å²) >= 11 is 0. The molecule has 0 unspecified atom stereocenters. The summed E-state index contributed by atoms with van der Waals surface area (Å²) in [5.41, 5.74) is 0.912. The van der Waals surface area contributed by atoms with Crippen LogP contribution < -0.4 is 19.9 Å². The number of hydrogen-bond donors (Lipinski definition) is 1. The van der Waals surface area contributed by atoms with E-state index in [1.165, 1.54) is 6.20 Å². The SMILES string of the molecule is COc1cccc(NC(=O)c2cnc(N3CCN(c4ccccn4)CC3)cn2)c1. The Labute approximate surface area is 169 Å². The number of benzene rings is 1. The van der Waals surface area contributed by atoms with Crippen molar-refractivity contribution in [1.82, 2.24) is 15.0 Å². The number of anilines is 3. The van der Waals surface area contributed by atoms with Gasteiger partial charge in [0, 0.05) is 44.1 Å². The largest absolute Gasteiger partial charge is 0.497 e. The Hall–Kier alpha value is -3.68. The van der Waals surface area contributed by atoms with E-state index in [4.69, 9.17) is 4.74 Å². The first-order valence-corrected chi connectivity index (χ1v) is 9.41. The molecule has 1 aliphatic heterocycles. The average Bonchev–Trinajstić information content (AvgIpc) is 2.80. The molecule has 0 saturated carbocycles. The Balaban J connectivity index is 1.36. The molecular weight excluding hydrogens is 368 g/mol. The number of nitrogens with zero attached hydrogens (tertiary/aromatic N) is 5. The van der Waals surface area contributed by atoms with Gasteiger partial charge in [-0.25, -0.2) is 15.0 Å². The summed E-state index contributed by atoms with van der Waals surface area (Å²) in [7, 11) is 1.58. The van der Waals surface area contributed by atoms with E-state index in [9.17, 15) is 4.79 Å². The number of pyridine rings is 1. The third-order valence-corrected chi connectivity index (χ3v) is 4.78. The van der Waals surface area contributed by atoms with Crippen LogP contribution in [-0.2, 0) is 0 Å². The summed E-state index contributed by atoms with van der Waals surface area (Å²) in [6, 6.07) is 13.1. The predicted octanol–water partition coefficient (Wildman–Crippen LogP) is 2.46. The highest BCUT2D eigenvalue weighted by molar-refractivity contribution is 6.02. The molecule has 1 aliphatic rings. The van der Waals surface area contributed by atoms with E-state index in [0.717, 1.165) is 37.8 Å². The molecule has 3 heterocycles. The summed E-state index contributed by atoms with van der Waals surface area (Å²) in [5.74, 6) is 2.12. The van der Waals surface area contributed by atoms with Gasteiger partial charge in [0.25, 0.3) is 5.91 Å². The number of amides is 1. The van der Waals surface area contributed by atoms with E-state index >= 15 is 0 Å². The zero-order valence-electron chi connectivity index (χ0n) is 16.2. The van der Waals surface area contributed by atoms with E-state index < -0.39 is 0 Å². The van der Waals surface area contributed by atoms with Gasteiger partial charge < -0.3 is 19.9 Å². The van der Waals surface area contributed by atoms with Gasteiger partial charge >= 0.3 is 0 Å². The lowest BCUT2D eigenvalue weighted by Crippen LogP contribution is -2.47. The van der Waals surface area contributed by atoms with Gasteiger partial charge in [0.2, 0.25) is 0 Å². The van der Waals surface area contributed by atoms with E-state index in [-0.39, 0.29) is 11.6 Å². The van der Waals surface area contributed by atoms with Gasteiger partial charge in [0.05, 0.1) is 19.5 Å². The lowest BCUT2D eigenvalue weighted by molar-refractivity contribution is 0.102. The molecule has 148 valence electrons. The lowest BCUT2D eigenvalue weighted by Gasteiger charge is -2.35. The average molecular weight is 390 g/mol. The van der Waals surface area contributed by atoms with Crippen molar-refractivity contribution in [3.8, 4) is 5.75 Å². The van der Waals surface area contributed by atoms with Crippen molar-refractivity contribution in [3.05, 3.63) is 66.7 Å². The van der Waals surface area contributed by atoms with Crippen LogP contribution in [0.2, 0.25) is 0 Å². The molecule has 0 radical (unpaired) electrons. The standard InChI is InChI=1S/C21H22N6O2/c1-29-17-6-4-5-16(13-17)25-21(28)18-14-24-20(15-23-18)27-11-9-26(10-12-27)19-7-2-3-8-22-19/h2-8,13-15H,9-12H2,1H3,(H,25,28). The van der Waals surface area contributed by atoms with Gasteiger partial charge in [-0.15, -0.1) is 0 Å². The van der Waals surface area contributed by atoms with Crippen LogP contribution in [0.4, 0.5) is 17.3 Å². The van der Waals surface area contributed by atoms with Crippen LogP contribution in [0.25, 0.3) is 0 Å². The maximum atomic E-state index is 12.4. The highest BCUT2D eigenvalue weighted by atomic mass is 16.5. The minimum Gasteiger partial charge on any atom is -0.497 e. The van der Waals surface area contributed by atoms with Crippen LogP contribution in [0.15, 0.2) is 61.1 Å². The third-order valence-electron chi connectivity index (χ3n) is 4.78. The van der Waals surface area contributed by atoms with Gasteiger partial charge in [-0.2, -0.15) is 0 Å². The van der Waals surface area contributed by atoms with Crippen LogP contribution in [0.1, 0.15) is 10.5 Å². The van der Waals surface area contributed by atoms with Crippen molar-refractivity contribution in [2.24, 2.45) is 0 Å². The molecule has 29 heavy (non-hydrogen) atoms. The Morgan fingerprint density at radius 3 is 2.38 bits per heavy atom. The van der Waals surface area contributed by atoms with E-state index in [1.807, 2.05) is 36.5 Å². The molecule has 3 aromatic rings. The lowest BCUT2D eigenvalue weighted by atomic mass is 10.3. The normalized spacial score (nSPS) is 13.8. The first-order valence-electron chi connectivity index (χ1n) is 9.41. The van der Waals surface area contributed by atoms with Crippen LogP contribution in [-0.4, -0.2) is 54.1 Å². The second-order valence-corrected chi connectivity index (χ2v) is 6.61. The molecule has 0 aliphatic carbocycles. The van der Waals surface area contributed by atoms with E-state index in [1.54, 1.807) is 25.4 Å². The molecule has 0 bridgehead atoms. The highest BCUT2D eigenvalue weighted by Crippen LogP contribution is 2.19. The zero-order chi connectivity index (χ0) is 20.1. The van der Waals surface area contributed by atoms with E-state index in [0.29, 0.717) is 11.4 Å². The summed E-state index contributed by atoms with van der Waals surface area (Å²) < 4.78 is 5.17. The molecule has 0 spiro atoms. The third kappa shape index (κ3) is 4.43. The molecule has 8 nitrogen and oxygen atoms in total. The number of methoxy groups -OCH3 is 1. The van der Waals surface area contributed by atoms with Crippen molar-refractivity contribution in [1.29, 1.82) is 0 Å². The number of aromatic nitrogens is 3. The van der Waals surface area contributed by atoms with Gasteiger partial charge in [-0.05, 0) is 24.3 Å². The Bertz CT molecular complexity index is 956. The number of carbonyl (C=O) groups excluding carboxylic acids is 1. The van der Waals surface area contributed by atoms with Crippen LogP contribution in [0, 0.1) is 0 Å². The fourth-order valence-corrected chi connectivity index (χ4v) is 3.20. The fourth-order valence-electron chi connectivity index (χ4n) is 3.20. The van der Waals surface area contributed by atoms with Crippen molar-refractivity contribution in [2.45, 2.75) is 0 Å². The molecule has 0 atom stereocenters. The van der Waals surface area contributed by atoms with Crippen molar-refractivity contribution in [3.63, 3.8) is 0 Å². The number of hydrogen-bond acceptors (Lipinski definition) is 7. The van der Waals surface area contributed by atoms with Crippen molar-refractivity contribution in [2.75, 3.05) is 48.4 Å². The molecular formula is C21H22N6O2. The molecule has 1 saturated heterocycles. The molecule has 8 heteroatoms. The summed E-state index contributed by atoms with van der Waals surface area (Å²) in [6.07, 6.45) is 4.97. The predicted molar refractivity (Wildman–Crippen MR) is 112 cm³/mol. The fraction of sp³-hybridized carbons (Fsp3) is 0.238. The minimum absolute atomic E-state index is 0.267. The van der Waals surface area contributed by atoms with Gasteiger partial charge in [0.15, 0.2) is 0 Å². The number of carbonyl (C=O) groups is 1. The second-order valence-electron chi connectivity index (χ2n) is 6.61. The highest BCUT2D eigenvalue weighted by Gasteiger charge is 2.19. The number of piperazine rings is 1. The van der Waals surface area contributed by atoms with Crippen LogP contribution >= 0.6 is 0 Å². The monoisotopic (exact) mass is 390 g/mol. The first-order chi connectivity index (χ1) is 14.2. The van der Waals surface area contributed by atoms with Gasteiger partial charge in [0.1, 0.15) is 23.1 Å². The maximum Gasteiger partial charge on any atom is 0.275 e. The Morgan fingerprint density at radius 2 is 1.72 bits per heavy atom. The summed E-state index contributed by atoms with van der Waals surface area (Å²) in [6.45, 7) is 3.36. The Morgan fingerprint density at radius 1 is 0.931 bits per heavy atom. The molecule has 1 N–H and O–H groups in total. The van der Waals surface area contributed by atoms with E-state index in [2.05, 4.69) is 30.1 Å². The Kier molecular flexibility index (Phi) is 5.51. The molecule has 2 aromatic heterocycles. The molecule has 1 aromatic carbocycles. The van der Waals surface area contributed by atoms with Crippen LogP contribution in [0.3, 0.4) is 0 Å². The second kappa shape index (κ2) is 8.55. The minimum atomic E-state index is -0.308. The summed E-state index contributed by atoms with van der Waals surface area (Å²) in [4.78, 5) is 30.0. The molecule has 1 fully saturated rings. The quantitative estimate of drug-likeness (QED) is 0.716. The summed E-state index contributed by atoms with van der Waals surface area (Å²) in [5, 5.41) is 2.81. The number of ether oxygens (including phenoxy) is 1. The maximum absolute atomic E-state index is 12.4. The topological polar surface area (TPSA) is 83.5 Å². The molecule has 4 rings (SSSR count). The van der Waals surface area contributed by atoms with Crippen molar-refractivity contribution < 1.29 is 9.53 Å². The molecule has 1 amide bonds. The first kappa shape index (κ1) is 18.7. The number of nitrogens with one attached hydrogen (secondary N) is 1.